The van der Waals surface area contributed by atoms with E-state index in [2.05, 4.69) is 36.0 Å². The van der Waals surface area contributed by atoms with E-state index < -0.39 is 6.61 Å². The molecule has 0 radical (unpaired) electrons. The van der Waals surface area contributed by atoms with E-state index in [4.69, 9.17) is 16.9 Å². The fraction of sp³-hybridized carbons (Fsp3) is 0.389. The number of nitrogens with one attached hydrogen (secondary N) is 1. The number of pyridine rings is 1. The third-order valence-electron chi connectivity index (χ3n) is 4.48. The second kappa shape index (κ2) is 8.95. The molecule has 1 aliphatic heterocycles. The molecule has 2 aromatic rings. The summed E-state index contributed by atoms with van der Waals surface area (Å²) in [6.45, 7) is 0.285. The van der Waals surface area contributed by atoms with Crippen LogP contribution in [0.5, 0.6) is 5.88 Å². The normalized spacial score (nSPS) is 13.5. The highest BCUT2D eigenvalue weighted by molar-refractivity contribution is 6.30. The summed E-state index contributed by atoms with van der Waals surface area (Å²) in [6, 6.07) is 4.09. The number of hydrogen-bond acceptors (Lipinski definition) is 8. The smallest absolute Gasteiger partial charge is 0.388 e. The van der Waals surface area contributed by atoms with E-state index >= 15 is 0 Å². The Kier molecular flexibility index (Phi) is 6.37. The Morgan fingerprint density at radius 1 is 1.34 bits per heavy atom. The molecule has 8 nitrogen and oxygen atoms in total. The number of ether oxygens (including phenoxy) is 1. The van der Waals surface area contributed by atoms with Gasteiger partial charge in [-0.25, -0.2) is 9.97 Å². The van der Waals surface area contributed by atoms with Gasteiger partial charge in [0.1, 0.15) is 23.6 Å². The van der Waals surface area contributed by atoms with Crippen molar-refractivity contribution in [2.24, 2.45) is 0 Å². The first-order valence-electron chi connectivity index (χ1n) is 8.64. The summed E-state index contributed by atoms with van der Waals surface area (Å²) < 4.78 is 28.9. The lowest BCUT2D eigenvalue weighted by molar-refractivity contribution is -0.0532. The van der Waals surface area contributed by atoms with Crippen LogP contribution in [0, 0.1) is 29.6 Å². The third kappa shape index (κ3) is 4.67. The quantitative estimate of drug-likeness (QED) is 0.562. The number of hydrogen-bond donors (Lipinski definition) is 1. The Labute approximate surface area is 170 Å². The van der Waals surface area contributed by atoms with Gasteiger partial charge in [0, 0.05) is 25.2 Å². The molecule has 1 aliphatic rings. The molecule has 0 fully saturated rings. The number of aryl methyl sites for hydroxylation is 1. The average molecular weight is 420 g/mol. The Balaban J connectivity index is 1.83. The summed E-state index contributed by atoms with van der Waals surface area (Å²) in [6.07, 6.45) is 1.76. The van der Waals surface area contributed by atoms with Crippen LogP contribution in [0.25, 0.3) is 0 Å². The van der Waals surface area contributed by atoms with Crippen LogP contribution in [0.1, 0.15) is 28.1 Å². The van der Waals surface area contributed by atoms with Crippen molar-refractivity contribution < 1.29 is 13.5 Å². The number of aromatic nitrogens is 3. The zero-order chi connectivity index (χ0) is 21.0. The molecule has 0 atom stereocenters. The zero-order valence-corrected chi connectivity index (χ0v) is 16.2. The van der Waals surface area contributed by atoms with E-state index in [0.29, 0.717) is 48.8 Å². The van der Waals surface area contributed by atoms with Gasteiger partial charge in [-0.1, -0.05) is 11.6 Å². The maximum absolute atomic E-state index is 12.3. The van der Waals surface area contributed by atoms with Gasteiger partial charge in [-0.2, -0.15) is 19.3 Å². The van der Waals surface area contributed by atoms with Crippen LogP contribution in [0.4, 0.5) is 14.6 Å². The minimum atomic E-state index is -2.96. The fourth-order valence-corrected chi connectivity index (χ4v) is 3.42. The summed E-state index contributed by atoms with van der Waals surface area (Å²) in [5.41, 5.74) is 3.02. The minimum absolute atomic E-state index is 0.0766. The first-order valence-corrected chi connectivity index (χ1v) is 9.02. The highest BCUT2D eigenvalue weighted by Crippen LogP contribution is 2.32. The van der Waals surface area contributed by atoms with Crippen LogP contribution in [-0.2, 0) is 19.5 Å². The maximum atomic E-state index is 12.3. The number of nitrogens with zero attached hydrogens (tertiary/aromatic N) is 6. The molecular formula is C18H16ClF2N7O. The van der Waals surface area contributed by atoms with Crippen LogP contribution >= 0.6 is 11.6 Å². The standard InChI is InChI=1S/C18H16ClF2N7O/c1-10-14(25-7-15(26-10)29-18(20)21)9-28-5-2-11-13(8-28)12(6-23)16(19)27-17(11)24-4-3-22/h7,18H,2,4-5,8-9H2,1H3,(H,24,27). The zero-order valence-electron chi connectivity index (χ0n) is 15.4. The molecule has 3 rings (SSSR count). The molecule has 0 unspecified atom stereocenters. The number of nitriles is 2. The van der Waals surface area contributed by atoms with E-state index in [1.54, 1.807) is 6.92 Å². The summed E-state index contributed by atoms with van der Waals surface area (Å²) in [4.78, 5) is 14.5. The van der Waals surface area contributed by atoms with Gasteiger partial charge in [0.15, 0.2) is 0 Å². The highest BCUT2D eigenvalue weighted by atomic mass is 35.5. The molecule has 0 amide bonds. The predicted octanol–water partition coefficient (Wildman–Crippen LogP) is 2.80. The summed E-state index contributed by atoms with van der Waals surface area (Å²) in [5.74, 6) is 0.276. The summed E-state index contributed by atoms with van der Waals surface area (Å²) >= 11 is 6.16. The Bertz CT molecular complexity index is 1000. The number of rotatable bonds is 6. The maximum Gasteiger partial charge on any atom is 0.388 e. The van der Waals surface area contributed by atoms with Gasteiger partial charge in [0.2, 0.25) is 5.88 Å². The lowest BCUT2D eigenvalue weighted by atomic mass is 9.96. The molecule has 150 valence electrons. The number of halogens is 3. The molecule has 0 spiro atoms. The van der Waals surface area contributed by atoms with E-state index in [0.717, 1.165) is 17.3 Å². The van der Waals surface area contributed by atoms with E-state index in [1.807, 2.05) is 6.07 Å². The van der Waals surface area contributed by atoms with Crippen LogP contribution in [0.15, 0.2) is 6.20 Å². The summed E-state index contributed by atoms with van der Waals surface area (Å²) in [7, 11) is 0. The van der Waals surface area contributed by atoms with Gasteiger partial charge < -0.3 is 10.1 Å². The third-order valence-corrected chi connectivity index (χ3v) is 4.76. The van der Waals surface area contributed by atoms with Crippen molar-refractivity contribution in [3.8, 4) is 18.0 Å². The van der Waals surface area contributed by atoms with E-state index in [-0.39, 0.29) is 17.6 Å². The largest absolute Gasteiger partial charge is 0.415 e. The van der Waals surface area contributed by atoms with Crippen LogP contribution in [0.3, 0.4) is 0 Å². The monoisotopic (exact) mass is 419 g/mol. The van der Waals surface area contributed by atoms with Crippen LogP contribution < -0.4 is 10.1 Å². The topological polar surface area (TPSA) is 111 Å². The second-order valence-electron chi connectivity index (χ2n) is 6.29. The number of fused-ring (bicyclic) bond motifs is 1. The average Bonchev–Trinajstić information content (AvgIpc) is 2.67. The number of anilines is 1. The van der Waals surface area contributed by atoms with Crippen molar-refractivity contribution in [2.75, 3.05) is 18.4 Å². The van der Waals surface area contributed by atoms with Crippen molar-refractivity contribution in [1.82, 2.24) is 19.9 Å². The van der Waals surface area contributed by atoms with Crippen LogP contribution in [0.2, 0.25) is 5.15 Å². The van der Waals surface area contributed by atoms with Crippen molar-refractivity contribution >= 4 is 17.4 Å². The second-order valence-corrected chi connectivity index (χ2v) is 6.64. The van der Waals surface area contributed by atoms with Gasteiger partial charge in [0.25, 0.3) is 0 Å². The molecule has 3 heterocycles. The molecule has 0 aliphatic carbocycles. The van der Waals surface area contributed by atoms with Gasteiger partial charge in [-0.3, -0.25) is 9.88 Å². The lowest BCUT2D eigenvalue weighted by Gasteiger charge is -2.30. The fourth-order valence-electron chi connectivity index (χ4n) is 3.17. The Morgan fingerprint density at radius 2 is 2.14 bits per heavy atom. The van der Waals surface area contributed by atoms with Gasteiger partial charge in [-0.05, 0) is 18.9 Å². The van der Waals surface area contributed by atoms with Gasteiger partial charge in [-0.15, -0.1) is 0 Å². The lowest BCUT2D eigenvalue weighted by Crippen LogP contribution is -2.32. The van der Waals surface area contributed by atoms with E-state index in [9.17, 15) is 14.0 Å². The Morgan fingerprint density at radius 3 is 2.79 bits per heavy atom. The molecule has 1 N–H and O–H groups in total. The SMILES string of the molecule is Cc1nc(OC(F)F)cnc1CN1CCc2c(NCC#N)nc(Cl)c(C#N)c2C1. The van der Waals surface area contributed by atoms with Crippen molar-refractivity contribution in [1.29, 1.82) is 10.5 Å². The van der Waals surface area contributed by atoms with E-state index in [1.165, 1.54) is 0 Å². The molecule has 0 saturated heterocycles. The molecule has 11 heteroatoms. The van der Waals surface area contributed by atoms with Gasteiger partial charge in [0.05, 0.1) is 29.2 Å². The minimum Gasteiger partial charge on any atom is -0.415 e. The van der Waals surface area contributed by atoms with Crippen molar-refractivity contribution in [3.63, 3.8) is 0 Å². The first-order chi connectivity index (χ1) is 13.9. The number of alkyl halides is 2. The summed E-state index contributed by atoms with van der Waals surface area (Å²) in [5, 5.41) is 21.3. The van der Waals surface area contributed by atoms with Crippen LogP contribution in [-0.4, -0.2) is 39.6 Å². The first kappa shape index (κ1) is 20.6. The molecule has 2 aromatic heterocycles. The predicted molar refractivity (Wildman–Crippen MR) is 99.3 cm³/mol. The molecular weight excluding hydrogens is 404 g/mol. The Hall–Kier alpha value is -3.08. The van der Waals surface area contributed by atoms with Gasteiger partial charge >= 0.3 is 6.61 Å². The molecule has 29 heavy (non-hydrogen) atoms. The molecule has 0 bridgehead atoms. The molecule has 0 aromatic carbocycles. The van der Waals surface area contributed by atoms with Crippen molar-refractivity contribution in [2.45, 2.75) is 33.0 Å². The molecule has 0 saturated carbocycles. The highest BCUT2D eigenvalue weighted by Gasteiger charge is 2.26. The van der Waals surface area contributed by atoms with Crippen molar-refractivity contribution in [3.05, 3.63) is 39.4 Å².